The number of benzene rings is 1. The first-order valence-electron chi connectivity index (χ1n) is 4.72. The van der Waals surface area contributed by atoms with Crippen LogP contribution >= 0.6 is 0 Å². The first kappa shape index (κ1) is 10.5. The Morgan fingerprint density at radius 3 is 2.69 bits per heavy atom. The minimum Gasteiger partial charge on any atom is -0.427 e. The maximum atomic E-state index is 5.29. The summed E-state index contributed by atoms with van der Waals surface area (Å²) in [5, 5.41) is 0. The van der Waals surface area contributed by atoms with Crippen molar-refractivity contribution in [1.29, 1.82) is 0 Å². The fraction of sp³-hybridized carbons (Fsp3) is 0.455. The summed E-state index contributed by atoms with van der Waals surface area (Å²) in [7, 11) is 0.834. The van der Waals surface area contributed by atoms with Crippen LogP contribution < -0.4 is 0 Å². The molecule has 0 fully saturated rings. The zero-order valence-electron chi connectivity index (χ0n) is 8.92. The zero-order valence-corrected chi connectivity index (χ0v) is 10.9. The van der Waals surface area contributed by atoms with Crippen LogP contribution in [0.15, 0.2) is 18.2 Å². The van der Waals surface area contributed by atoms with Crippen LogP contribution in [0.5, 0.6) is 0 Å². The highest BCUT2D eigenvalue weighted by Crippen LogP contribution is 2.21. The van der Waals surface area contributed by atoms with E-state index in [1.54, 1.807) is 0 Å². The van der Waals surface area contributed by atoms with E-state index in [0.717, 1.165) is 17.1 Å². The molecule has 0 N–H and O–H groups in total. The summed E-state index contributed by atoms with van der Waals surface area (Å²) in [6.45, 7) is 7.43. The molecule has 1 aromatic carbocycles. The third kappa shape index (κ3) is 2.42. The molecule has 0 aromatic heterocycles. The van der Waals surface area contributed by atoms with Crippen molar-refractivity contribution >= 4 is 10.5 Å². The molecule has 0 radical (unpaired) electrons. The predicted octanol–water partition coefficient (Wildman–Crippen LogP) is 1.70. The third-order valence-electron chi connectivity index (χ3n) is 2.59. The van der Waals surface area contributed by atoms with E-state index in [-0.39, 0.29) is 0 Å². The fourth-order valence-electron chi connectivity index (χ4n) is 1.65. The lowest BCUT2D eigenvalue weighted by Gasteiger charge is -2.15. The van der Waals surface area contributed by atoms with Crippen LogP contribution in [0.25, 0.3) is 0 Å². The number of hydrogen-bond donors (Lipinski definition) is 0. The highest BCUT2D eigenvalue weighted by atomic mass is 28.2. The van der Waals surface area contributed by atoms with Gasteiger partial charge in [0.2, 0.25) is 0 Å². The predicted molar refractivity (Wildman–Crippen MR) is 60.2 cm³/mol. The van der Waals surface area contributed by atoms with Crippen LogP contribution in [0, 0.1) is 13.8 Å². The smallest absolute Gasteiger partial charge is 0.145 e. The summed E-state index contributed by atoms with van der Waals surface area (Å²) in [6, 6.07) is 6.49. The molecule has 0 heterocycles. The van der Waals surface area contributed by atoms with Crippen molar-refractivity contribution in [3.05, 3.63) is 34.9 Å². The standard InChI is InChI=1S/C11H18OSi/c1-8-5-4-6-11(10(8)3)9(2)7-12-13/h4-6,9H,7H2,1-3,13H3. The largest absolute Gasteiger partial charge is 0.427 e. The lowest BCUT2D eigenvalue weighted by Crippen LogP contribution is -2.05. The van der Waals surface area contributed by atoms with E-state index < -0.39 is 0 Å². The van der Waals surface area contributed by atoms with E-state index in [2.05, 4.69) is 39.0 Å². The minimum atomic E-state index is 0.525. The Morgan fingerprint density at radius 1 is 1.38 bits per heavy atom. The molecule has 72 valence electrons. The minimum absolute atomic E-state index is 0.525. The van der Waals surface area contributed by atoms with Gasteiger partial charge in [-0.25, -0.2) is 0 Å². The van der Waals surface area contributed by atoms with Gasteiger partial charge in [0.05, 0.1) is 0 Å². The number of aryl methyl sites for hydroxylation is 1. The monoisotopic (exact) mass is 194 g/mol. The average molecular weight is 194 g/mol. The second kappa shape index (κ2) is 4.58. The molecule has 2 heteroatoms. The summed E-state index contributed by atoms with van der Waals surface area (Å²) in [4.78, 5) is 0. The highest BCUT2D eigenvalue weighted by molar-refractivity contribution is 5.97. The van der Waals surface area contributed by atoms with Gasteiger partial charge in [0, 0.05) is 12.5 Å². The maximum absolute atomic E-state index is 5.29. The van der Waals surface area contributed by atoms with Gasteiger partial charge in [0.1, 0.15) is 10.5 Å². The lowest BCUT2D eigenvalue weighted by atomic mass is 9.94. The number of rotatable bonds is 3. The molecule has 1 nitrogen and oxygen atoms in total. The molecule has 1 unspecified atom stereocenters. The molecule has 0 spiro atoms. The Morgan fingerprint density at radius 2 is 2.08 bits per heavy atom. The molecule has 0 bridgehead atoms. The summed E-state index contributed by atoms with van der Waals surface area (Å²) >= 11 is 0. The van der Waals surface area contributed by atoms with Crippen LogP contribution in [0.1, 0.15) is 29.5 Å². The Hall–Kier alpha value is -0.603. The van der Waals surface area contributed by atoms with E-state index >= 15 is 0 Å². The van der Waals surface area contributed by atoms with Crippen LogP contribution in [-0.2, 0) is 4.43 Å². The molecule has 0 aliphatic heterocycles. The Labute approximate surface area is 83.7 Å². The first-order valence-corrected chi connectivity index (χ1v) is 5.53. The van der Waals surface area contributed by atoms with Crippen molar-refractivity contribution in [2.45, 2.75) is 26.7 Å². The van der Waals surface area contributed by atoms with E-state index in [0.29, 0.717) is 5.92 Å². The summed E-state index contributed by atoms with van der Waals surface area (Å²) in [5.41, 5.74) is 4.21. The Balaban J connectivity index is 2.93. The lowest BCUT2D eigenvalue weighted by molar-refractivity contribution is 0.323. The van der Waals surface area contributed by atoms with Crippen molar-refractivity contribution < 1.29 is 4.43 Å². The van der Waals surface area contributed by atoms with Gasteiger partial charge >= 0.3 is 0 Å². The van der Waals surface area contributed by atoms with E-state index in [1.807, 2.05) is 0 Å². The zero-order chi connectivity index (χ0) is 9.84. The second-order valence-corrected chi connectivity index (χ2v) is 4.22. The second-order valence-electron chi connectivity index (χ2n) is 3.65. The Bertz CT molecular complexity index is 283. The normalized spacial score (nSPS) is 13.2. The van der Waals surface area contributed by atoms with Gasteiger partial charge in [-0.05, 0) is 30.5 Å². The molecule has 1 aromatic rings. The molecule has 0 saturated heterocycles. The highest BCUT2D eigenvalue weighted by Gasteiger charge is 2.08. The van der Waals surface area contributed by atoms with Gasteiger partial charge in [-0.2, -0.15) is 0 Å². The SMILES string of the molecule is Cc1cccc(C(C)CO[SiH3])c1C. The van der Waals surface area contributed by atoms with E-state index in [1.165, 1.54) is 16.7 Å². The number of hydrogen-bond acceptors (Lipinski definition) is 1. The van der Waals surface area contributed by atoms with Gasteiger partial charge in [0.15, 0.2) is 0 Å². The topological polar surface area (TPSA) is 9.23 Å². The molecule has 0 aliphatic rings. The first-order chi connectivity index (χ1) is 6.16. The van der Waals surface area contributed by atoms with Gasteiger partial charge in [-0.3, -0.25) is 0 Å². The summed E-state index contributed by atoms with van der Waals surface area (Å²) in [6.07, 6.45) is 0. The van der Waals surface area contributed by atoms with Crippen molar-refractivity contribution in [2.75, 3.05) is 6.61 Å². The van der Waals surface area contributed by atoms with Crippen molar-refractivity contribution in [3.8, 4) is 0 Å². The van der Waals surface area contributed by atoms with Gasteiger partial charge < -0.3 is 4.43 Å². The summed E-state index contributed by atoms with van der Waals surface area (Å²) in [5.74, 6) is 0.525. The van der Waals surface area contributed by atoms with Crippen molar-refractivity contribution in [1.82, 2.24) is 0 Å². The Kier molecular flexibility index (Phi) is 3.69. The molecule has 0 saturated carbocycles. The average Bonchev–Trinajstić information content (AvgIpc) is 2.10. The molecule has 1 atom stereocenters. The molecule has 13 heavy (non-hydrogen) atoms. The third-order valence-corrected chi connectivity index (χ3v) is 2.93. The van der Waals surface area contributed by atoms with E-state index in [4.69, 9.17) is 4.43 Å². The van der Waals surface area contributed by atoms with Crippen molar-refractivity contribution in [2.24, 2.45) is 0 Å². The van der Waals surface area contributed by atoms with Crippen LogP contribution in [0.3, 0.4) is 0 Å². The van der Waals surface area contributed by atoms with Gasteiger partial charge in [0.25, 0.3) is 0 Å². The maximum Gasteiger partial charge on any atom is 0.145 e. The fourth-order valence-corrected chi connectivity index (χ4v) is 2.15. The van der Waals surface area contributed by atoms with Crippen LogP contribution in [-0.4, -0.2) is 17.1 Å². The van der Waals surface area contributed by atoms with Crippen molar-refractivity contribution in [3.63, 3.8) is 0 Å². The van der Waals surface area contributed by atoms with Crippen LogP contribution in [0.2, 0.25) is 0 Å². The molecular formula is C11H18OSi. The van der Waals surface area contributed by atoms with Gasteiger partial charge in [-0.15, -0.1) is 0 Å². The quantitative estimate of drug-likeness (QED) is 0.666. The molecule has 0 amide bonds. The molecule has 0 aliphatic carbocycles. The molecular weight excluding hydrogens is 176 g/mol. The molecule has 1 rings (SSSR count). The van der Waals surface area contributed by atoms with Crippen LogP contribution in [0.4, 0.5) is 0 Å². The summed E-state index contributed by atoms with van der Waals surface area (Å²) < 4.78 is 5.29. The van der Waals surface area contributed by atoms with E-state index in [9.17, 15) is 0 Å². The van der Waals surface area contributed by atoms with Gasteiger partial charge in [-0.1, -0.05) is 25.1 Å².